The van der Waals surface area contributed by atoms with Crippen molar-refractivity contribution in [1.29, 1.82) is 0 Å². The van der Waals surface area contributed by atoms with E-state index in [2.05, 4.69) is 73.8 Å². The Balaban J connectivity index is 2.43. The average Bonchev–Trinajstić information content (AvgIpc) is 2.57. The molecule has 2 rings (SSSR count). The highest BCUT2D eigenvalue weighted by atomic mass is 79.9. The van der Waals surface area contributed by atoms with Crippen LogP contribution in [0.2, 0.25) is 0 Å². The van der Waals surface area contributed by atoms with Gasteiger partial charge < -0.3 is 4.57 Å². The van der Waals surface area contributed by atoms with E-state index in [1.54, 1.807) is 0 Å². The van der Waals surface area contributed by atoms with Crippen molar-refractivity contribution in [2.75, 3.05) is 5.33 Å². The predicted octanol–water partition coefficient (Wildman–Crippen LogP) is 4.43. The molecule has 0 spiro atoms. The quantitative estimate of drug-likeness (QED) is 0.733. The summed E-state index contributed by atoms with van der Waals surface area (Å²) in [6, 6.07) is 8.48. The van der Waals surface area contributed by atoms with E-state index in [-0.39, 0.29) is 0 Å². The van der Waals surface area contributed by atoms with Crippen LogP contribution in [0.25, 0.3) is 10.9 Å². The smallest absolute Gasteiger partial charge is 0.0492 e. The molecule has 0 aliphatic rings. The lowest BCUT2D eigenvalue weighted by Gasteiger charge is -2.09. The van der Waals surface area contributed by atoms with E-state index in [1.165, 1.54) is 15.4 Å². The Kier molecular flexibility index (Phi) is 3.52. The van der Waals surface area contributed by atoms with E-state index < -0.39 is 0 Å². The third-order valence-corrected chi connectivity index (χ3v) is 4.25. The van der Waals surface area contributed by atoms with Crippen molar-refractivity contribution in [1.82, 2.24) is 4.57 Å². The van der Waals surface area contributed by atoms with Crippen molar-refractivity contribution in [3.63, 3.8) is 0 Å². The van der Waals surface area contributed by atoms with Crippen LogP contribution in [0, 0.1) is 5.92 Å². The van der Waals surface area contributed by atoms with Crippen molar-refractivity contribution in [3.8, 4) is 0 Å². The first-order valence-electron chi connectivity index (χ1n) is 5.01. The maximum absolute atomic E-state index is 3.60. The first kappa shape index (κ1) is 11.2. The van der Waals surface area contributed by atoms with E-state index in [0.29, 0.717) is 5.92 Å². The summed E-state index contributed by atoms with van der Waals surface area (Å²) in [5.74, 6) is 0.646. The standard InChI is InChI=1S/C12H13Br2N/c1-9(6-13)7-15-8-11(14)10-4-2-3-5-12(10)15/h2-5,8-9H,6-7H2,1H3. The third-order valence-electron chi connectivity index (χ3n) is 2.51. The summed E-state index contributed by atoms with van der Waals surface area (Å²) in [5.41, 5.74) is 1.30. The molecule has 0 aliphatic heterocycles. The van der Waals surface area contributed by atoms with Crippen LogP contribution in [-0.2, 0) is 6.54 Å². The van der Waals surface area contributed by atoms with E-state index in [9.17, 15) is 0 Å². The molecule has 0 fully saturated rings. The molecule has 2 aromatic rings. The van der Waals surface area contributed by atoms with Crippen LogP contribution < -0.4 is 0 Å². The maximum Gasteiger partial charge on any atom is 0.0492 e. The molecule has 0 N–H and O–H groups in total. The van der Waals surface area contributed by atoms with Gasteiger partial charge in [-0.2, -0.15) is 0 Å². The fourth-order valence-corrected chi connectivity index (χ4v) is 2.52. The monoisotopic (exact) mass is 329 g/mol. The number of rotatable bonds is 3. The Morgan fingerprint density at radius 2 is 2.07 bits per heavy atom. The lowest BCUT2D eigenvalue weighted by Crippen LogP contribution is -2.07. The van der Waals surface area contributed by atoms with Crippen LogP contribution in [-0.4, -0.2) is 9.90 Å². The van der Waals surface area contributed by atoms with Crippen LogP contribution in [0.4, 0.5) is 0 Å². The molecule has 0 bridgehead atoms. The molecule has 0 amide bonds. The second-order valence-electron chi connectivity index (χ2n) is 3.91. The molecule has 1 heterocycles. The molecule has 0 saturated carbocycles. The molecule has 0 radical (unpaired) electrons. The van der Waals surface area contributed by atoms with Crippen LogP contribution in [0.5, 0.6) is 0 Å². The van der Waals surface area contributed by atoms with Crippen molar-refractivity contribution >= 4 is 42.8 Å². The van der Waals surface area contributed by atoms with E-state index in [0.717, 1.165) is 11.9 Å². The van der Waals surface area contributed by atoms with Gasteiger partial charge in [-0.25, -0.2) is 0 Å². The zero-order valence-electron chi connectivity index (χ0n) is 8.58. The molecule has 1 aromatic carbocycles. The molecule has 1 aromatic heterocycles. The zero-order chi connectivity index (χ0) is 10.8. The summed E-state index contributed by atoms with van der Waals surface area (Å²) in [6.07, 6.45) is 2.17. The Labute approximate surface area is 107 Å². The highest BCUT2D eigenvalue weighted by Gasteiger charge is 2.07. The van der Waals surface area contributed by atoms with Crippen LogP contribution in [0.15, 0.2) is 34.9 Å². The van der Waals surface area contributed by atoms with Gasteiger partial charge in [-0.15, -0.1) is 0 Å². The second-order valence-corrected chi connectivity index (χ2v) is 5.41. The second kappa shape index (κ2) is 4.71. The van der Waals surface area contributed by atoms with Gasteiger partial charge in [0.2, 0.25) is 0 Å². The van der Waals surface area contributed by atoms with Crippen LogP contribution in [0.1, 0.15) is 6.92 Å². The molecule has 3 heteroatoms. The lowest BCUT2D eigenvalue weighted by molar-refractivity contribution is 0.546. The molecule has 15 heavy (non-hydrogen) atoms. The van der Waals surface area contributed by atoms with Gasteiger partial charge in [-0.3, -0.25) is 0 Å². The minimum atomic E-state index is 0.646. The molecule has 80 valence electrons. The summed E-state index contributed by atoms with van der Waals surface area (Å²) in [5, 5.41) is 2.33. The highest BCUT2D eigenvalue weighted by Crippen LogP contribution is 2.26. The third kappa shape index (κ3) is 2.28. The Hall–Kier alpha value is -0.280. The number of aromatic nitrogens is 1. The van der Waals surface area contributed by atoms with Crippen LogP contribution >= 0.6 is 31.9 Å². The summed E-state index contributed by atoms with van der Waals surface area (Å²) in [6.45, 7) is 3.30. The van der Waals surface area contributed by atoms with Gasteiger partial charge in [0.05, 0.1) is 0 Å². The lowest BCUT2D eigenvalue weighted by atomic mass is 10.2. The van der Waals surface area contributed by atoms with E-state index in [1.807, 2.05) is 0 Å². The molecule has 0 saturated heterocycles. The Morgan fingerprint density at radius 3 is 2.80 bits per heavy atom. The zero-order valence-corrected chi connectivity index (χ0v) is 11.8. The number of hydrogen-bond donors (Lipinski definition) is 0. The molecule has 1 nitrogen and oxygen atoms in total. The summed E-state index contributed by atoms with van der Waals surface area (Å²) in [7, 11) is 0. The molecule has 1 unspecified atom stereocenters. The van der Waals surface area contributed by atoms with Crippen molar-refractivity contribution in [2.24, 2.45) is 5.92 Å². The number of hydrogen-bond acceptors (Lipinski definition) is 0. The number of alkyl halides is 1. The first-order chi connectivity index (χ1) is 7.22. The van der Waals surface area contributed by atoms with Crippen molar-refractivity contribution in [2.45, 2.75) is 13.5 Å². The molecule has 1 atom stereocenters. The minimum absolute atomic E-state index is 0.646. The van der Waals surface area contributed by atoms with Gasteiger partial charge in [-0.1, -0.05) is 41.1 Å². The maximum atomic E-state index is 3.60. The largest absolute Gasteiger partial charge is 0.346 e. The number of benzene rings is 1. The van der Waals surface area contributed by atoms with Gasteiger partial charge in [0, 0.05) is 33.4 Å². The number of nitrogens with zero attached hydrogens (tertiary/aromatic N) is 1. The number of fused-ring (bicyclic) bond motifs is 1. The van der Waals surface area contributed by atoms with E-state index >= 15 is 0 Å². The molecular formula is C12H13Br2N. The predicted molar refractivity (Wildman–Crippen MR) is 72.6 cm³/mol. The minimum Gasteiger partial charge on any atom is -0.346 e. The summed E-state index contributed by atoms with van der Waals surface area (Å²) in [4.78, 5) is 0. The fourth-order valence-electron chi connectivity index (χ4n) is 1.74. The van der Waals surface area contributed by atoms with E-state index in [4.69, 9.17) is 0 Å². The van der Waals surface area contributed by atoms with Gasteiger partial charge in [0.15, 0.2) is 0 Å². The molecular weight excluding hydrogens is 318 g/mol. The van der Waals surface area contributed by atoms with Crippen LogP contribution in [0.3, 0.4) is 0 Å². The van der Waals surface area contributed by atoms with Gasteiger partial charge >= 0.3 is 0 Å². The average molecular weight is 331 g/mol. The normalized spacial score (nSPS) is 13.3. The van der Waals surface area contributed by atoms with Gasteiger partial charge in [0.1, 0.15) is 0 Å². The highest BCUT2D eigenvalue weighted by molar-refractivity contribution is 9.10. The summed E-state index contributed by atoms with van der Waals surface area (Å²) >= 11 is 7.12. The first-order valence-corrected chi connectivity index (χ1v) is 6.93. The van der Waals surface area contributed by atoms with Gasteiger partial charge in [-0.05, 0) is 27.9 Å². The number of para-hydroxylation sites is 1. The SMILES string of the molecule is CC(CBr)Cn1cc(Br)c2ccccc21. The Morgan fingerprint density at radius 1 is 1.33 bits per heavy atom. The van der Waals surface area contributed by atoms with Crippen molar-refractivity contribution < 1.29 is 0 Å². The van der Waals surface area contributed by atoms with Gasteiger partial charge in [0.25, 0.3) is 0 Å². The number of halogens is 2. The topological polar surface area (TPSA) is 4.93 Å². The fraction of sp³-hybridized carbons (Fsp3) is 0.333. The molecule has 0 aliphatic carbocycles. The summed E-state index contributed by atoms with van der Waals surface area (Å²) < 4.78 is 3.49. The van der Waals surface area contributed by atoms with Crippen molar-refractivity contribution in [3.05, 3.63) is 34.9 Å². The Bertz CT molecular complexity index is 462.